The standard InChI is InChI=1S/C9H10N2O2S/c12-6-8-2-1-7(13-8)5-11-9-10-3-4-14-9/h1-4,12H,5-6H2,(H,10,11). The first-order chi connectivity index (χ1) is 6.88. The quantitative estimate of drug-likeness (QED) is 0.808. The topological polar surface area (TPSA) is 58.3 Å². The zero-order valence-corrected chi connectivity index (χ0v) is 8.25. The monoisotopic (exact) mass is 210 g/mol. The molecule has 2 aromatic rings. The van der Waals surface area contributed by atoms with Crippen LogP contribution in [0.25, 0.3) is 0 Å². The zero-order chi connectivity index (χ0) is 9.80. The number of anilines is 1. The molecule has 0 aromatic carbocycles. The van der Waals surface area contributed by atoms with Gasteiger partial charge < -0.3 is 14.8 Å². The molecular formula is C9H10N2O2S. The van der Waals surface area contributed by atoms with Gasteiger partial charge in [-0.15, -0.1) is 11.3 Å². The second kappa shape index (κ2) is 4.26. The lowest BCUT2D eigenvalue weighted by molar-refractivity contribution is 0.244. The lowest BCUT2D eigenvalue weighted by Crippen LogP contribution is -1.96. The van der Waals surface area contributed by atoms with Gasteiger partial charge in [-0.3, -0.25) is 0 Å². The van der Waals surface area contributed by atoms with Gasteiger partial charge in [0.1, 0.15) is 18.1 Å². The van der Waals surface area contributed by atoms with Gasteiger partial charge in [0.05, 0.1) is 6.54 Å². The summed E-state index contributed by atoms with van der Waals surface area (Å²) in [4.78, 5) is 4.07. The first-order valence-corrected chi connectivity index (χ1v) is 5.08. The zero-order valence-electron chi connectivity index (χ0n) is 7.43. The summed E-state index contributed by atoms with van der Waals surface area (Å²) in [5.41, 5.74) is 0. The van der Waals surface area contributed by atoms with Crippen LogP contribution in [-0.2, 0) is 13.2 Å². The number of aromatic nitrogens is 1. The van der Waals surface area contributed by atoms with Crippen LogP contribution in [0.1, 0.15) is 11.5 Å². The molecule has 0 radical (unpaired) electrons. The lowest BCUT2D eigenvalue weighted by atomic mass is 10.4. The summed E-state index contributed by atoms with van der Waals surface area (Å²) < 4.78 is 5.30. The van der Waals surface area contributed by atoms with Crippen molar-refractivity contribution < 1.29 is 9.52 Å². The normalized spacial score (nSPS) is 10.4. The molecule has 0 fully saturated rings. The Morgan fingerprint density at radius 3 is 2.93 bits per heavy atom. The van der Waals surface area contributed by atoms with Gasteiger partial charge >= 0.3 is 0 Å². The molecule has 0 saturated heterocycles. The first kappa shape index (κ1) is 9.23. The predicted octanol–water partition coefficient (Wildman–Crippen LogP) is 1.84. The van der Waals surface area contributed by atoms with Gasteiger partial charge in [-0.2, -0.15) is 0 Å². The van der Waals surface area contributed by atoms with E-state index in [1.807, 2.05) is 11.4 Å². The first-order valence-electron chi connectivity index (χ1n) is 4.20. The Morgan fingerprint density at radius 1 is 1.43 bits per heavy atom. The van der Waals surface area contributed by atoms with E-state index in [0.717, 1.165) is 10.9 Å². The molecule has 0 atom stereocenters. The van der Waals surface area contributed by atoms with Crippen LogP contribution in [0.2, 0.25) is 0 Å². The number of aliphatic hydroxyl groups excluding tert-OH is 1. The van der Waals surface area contributed by atoms with Gasteiger partial charge in [-0.05, 0) is 12.1 Å². The molecule has 0 aliphatic carbocycles. The summed E-state index contributed by atoms with van der Waals surface area (Å²) in [7, 11) is 0. The Bertz CT molecular complexity index is 383. The van der Waals surface area contributed by atoms with Crippen LogP contribution < -0.4 is 5.32 Å². The van der Waals surface area contributed by atoms with Crippen molar-refractivity contribution in [3.05, 3.63) is 35.2 Å². The van der Waals surface area contributed by atoms with Crippen LogP contribution in [0.3, 0.4) is 0 Å². The summed E-state index contributed by atoms with van der Waals surface area (Å²) in [5.74, 6) is 1.38. The van der Waals surface area contributed by atoms with Crippen molar-refractivity contribution in [2.45, 2.75) is 13.2 Å². The molecule has 0 amide bonds. The van der Waals surface area contributed by atoms with Crippen molar-refractivity contribution >= 4 is 16.5 Å². The number of nitrogens with one attached hydrogen (secondary N) is 1. The number of hydrogen-bond donors (Lipinski definition) is 2. The molecule has 2 heterocycles. The Balaban J connectivity index is 1.92. The summed E-state index contributed by atoms with van der Waals surface area (Å²) in [6.07, 6.45) is 1.74. The van der Waals surface area contributed by atoms with E-state index >= 15 is 0 Å². The maximum atomic E-state index is 8.78. The molecule has 0 aliphatic heterocycles. The highest BCUT2D eigenvalue weighted by Crippen LogP contribution is 2.13. The number of rotatable bonds is 4. The van der Waals surface area contributed by atoms with Crippen LogP contribution in [0.15, 0.2) is 28.1 Å². The van der Waals surface area contributed by atoms with Gasteiger partial charge in [0.15, 0.2) is 5.13 Å². The van der Waals surface area contributed by atoms with E-state index in [9.17, 15) is 0 Å². The third-order valence-electron chi connectivity index (χ3n) is 1.72. The molecule has 2 aromatic heterocycles. The molecule has 0 saturated carbocycles. The van der Waals surface area contributed by atoms with Crippen molar-refractivity contribution in [1.82, 2.24) is 4.98 Å². The summed E-state index contributed by atoms with van der Waals surface area (Å²) in [6.45, 7) is 0.533. The van der Waals surface area contributed by atoms with Crippen molar-refractivity contribution in [2.24, 2.45) is 0 Å². The number of hydrogen-bond acceptors (Lipinski definition) is 5. The van der Waals surface area contributed by atoms with Crippen LogP contribution in [-0.4, -0.2) is 10.1 Å². The SMILES string of the molecule is OCc1ccc(CNc2nccs2)o1. The molecule has 4 nitrogen and oxygen atoms in total. The van der Waals surface area contributed by atoms with Gasteiger partial charge in [-0.1, -0.05) is 0 Å². The fourth-order valence-corrected chi connectivity index (χ4v) is 1.60. The van der Waals surface area contributed by atoms with Gasteiger partial charge in [-0.25, -0.2) is 4.98 Å². The average molecular weight is 210 g/mol. The number of nitrogens with zero attached hydrogens (tertiary/aromatic N) is 1. The summed E-state index contributed by atoms with van der Waals surface area (Å²) in [5, 5.41) is 14.7. The predicted molar refractivity (Wildman–Crippen MR) is 54.1 cm³/mol. The Morgan fingerprint density at radius 2 is 2.29 bits per heavy atom. The van der Waals surface area contributed by atoms with Crippen LogP contribution in [0, 0.1) is 0 Å². The third-order valence-corrected chi connectivity index (χ3v) is 2.45. The second-order valence-electron chi connectivity index (χ2n) is 2.72. The number of furan rings is 1. The summed E-state index contributed by atoms with van der Waals surface area (Å²) >= 11 is 1.54. The van der Waals surface area contributed by atoms with Gasteiger partial charge in [0.2, 0.25) is 0 Å². The van der Waals surface area contributed by atoms with Crippen molar-refractivity contribution in [2.75, 3.05) is 5.32 Å². The summed E-state index contributed by atoms with van der Waals surface area (Å²) in [6, 6.07) is 3.60. The lowest BCUT2D eigenvalue weighted by Gasteiger charge is -1.98. The second-order valence-corrected chi connectivity index (χ2v) is 3.61. The Labute approximate surface area is 85.2 Å². The minimum Gasteiger partial charge on any atom is -0.462 e. The molecule has 0 spiro atoms. The molecule has 0 bridgehead atoms. The number of aliphatic hydroxyl groups is 1. The van der Waals surface area contributed by atoms with Gasteiger partial charge in [0.25, 0.3) is 0 Å². The Kier molecular flexibility index (Phi) is 2.81. The maximum Gasteiger partial charge on any atom is 0.182 e. The van der Waals surface area contributed by atoms with Crippen LogP contribution in [0.5, 0.6) is 0 Å². The molecule has 2 rings (SSSR count). The fourth-order valence-electron chi connectivity index (χ4n) is 1.08. The highest BCUT2D eigenvalue weighted by Gasteiger charge is 2.01. The number of thiazole rings is 1. The van der Waals surface area contributed by atoms with Crippen molar-refractivity contribution in [3.8, 4) is 0 Å². The molecule has 74 valence electrons. The molecule has 14 heavy (non-hydrogen) atoms. The van der Waals surface area contributed by atoms with E-state index in [1.165, 1.54) is 0 Å². The fraction of sp³-hybridized carbons (Fsp3) is 0.222. The molecule has 5 heteroatoms. The minimum atomic E-state index is -0.0583. The van der Waals surface area contributed by atoms with Crippen LogP contribution in [0.4, 0.5) is 5.13 Å². The minimum absolute atomic E-state index is 0.0583. The van der Waals surface area contributed by atoms with Crippen molar-refractivity contribution in [3.63, 3.8) is 0 Å². The third kappa shape index (κ3) is 2.12. The van der Waals surface area contributed by atoms with Crippen LogP contribution >= 0.6 is 11.3 Å². The van der Waals surface area contributed by atoms with E-state index in [4.69, 9.17) is 9.52 Å². The maximum absolute atomic E-state index is 8.78. The van der Waals surface area contributed by atoms with E-state index in [-0.39, 0.29) is 6.61 Å². The smallest absolute Gasteiger partial charge is 0.182 e. The molecular weight excluding hydrogens is 200 g/mol. The molecule has 2 N–H and O–H groups in total. The molecule has 0 aliphatic rings. The van der Waals surface area contributed by atoms with E-state index in [1.54, 1.807) is 23.6 Å². The highest BCUT2D eigenvalue weighted by atomic mass is 32.1. The van der Waals surface area contributed by atoms with Gasteiger partial charge in [0, 0.05) is 11.6 Å². The highest BCUT2D eigenvalue weighted by molar-refractivity contribution is 7.13. The molecule has 0 unspecified atom stereocenters. The average Bonchev–Trinajstić information content (AvgIpc) is 2.86. The van der Waals surface area contributed by atoms with E-state index in [0.29, 0.717) is 12.3 Å². The van der Waals surface area contributed by atoms with Crippen molar-refractivity contribution in [1.29, 1.82) is 0 Å². The van der Waals surface area contributed by atoms with E-state index < -0.39 is 0 Å². The largest absolute Gasteiger partial charge is 0.462 e. The van der Waals surface area contributed by atoms with E-state index in [2.05, 4.69) is 10.3 Å². The Hall–Kier alpha value is -1.33.